The Hall–Kier alpha value is -2.50. The average molecular weight is 261 g/mol. The first-order valence-corrected chi connectivity index (χ1v) is 5.73. The molecule has 1 heterocycles. The zero-order valence-electron chi connectivity index (χ0n) is 10.8. The Morgan fingerprint density at radius 3 is 2.95 bits per heavy atom. The Morgan fingerprint density at radius 1 is 1.53 bits per heavy atom. The Morgan fingerprint density at radius 2 is 2.32 bits per heavy atom. The largest absolute Gasteiger partial charge is 0.504 e. The van der Waals surface area contributed by atoms with E-state index < -0.39 is 0 Å². The van der Waals surface area contributed by atoms with Gasteiger partial charge < -0.3 is 19.7 Å². The molecule has 100 valence electrons. The summed E-state index contributed by atoms with van der Waals surface area (Å²) in [6.45, 7) is 0.339. The van der Waals surface area contributed by atoms with E-state index in [4.69, 9.17) is 4.74 Å². The highest BCUT2D eigenvalue weighted by Crippen LogP contribution is 2.26. The van der Waals surface area contributed by atoms with Gasteiger partial charge in [-0.05, 0) is 18.2 Å². The third-order valence-electron chi connectivity index (χ3n) is 2.77. The van der Waals surface area contributed by atoms with Gasteiger partial charge in [0.05, 0.1) is 13.7 Å². The number of phenols is 1. The number of carbonyl (C=O) groups excluding carboxylic acids is 1. The molecule has 0 atom stereocenters. The van der Waals surface area contributed by atoms with E-state index in [-0.39, 0.29) is 17.4 Å². The second-order valence-corrected chi connectivity index (χ2v) is 4.02. The average Bonchev–Trinajstić information content (AvgIpc) is 2.82. The number of methoxy groups -OCH3 is 1. The molecule has 0 saturated heterocycles. The van der Waals surface area contributed by atoms with Crippen LogP contribution in [0.25, 0.3) is 0 Å². The number of benzene rings is 1. The molecule has 6 nitrogen and oxygen atoms in total. The summed E-state index contributed by atoms with van der Waals surface area (Å²) in [5.74, 6) is 0.785. The quantitative estimate of drug-likeness (QED) is 0.863. The minimum atomic E-state index is -0.249. The summed E-state index contributed by atoms with van der Waals surface area (Å²) >= 11 is 0. The minimum absolute atomic E-state index is 0.00292. The number of nitrogens with one attached hydrogen (secondary N) is 1. The van der Waals surface area contributed by atoms with Crippen LogP contribution in [-0.2, 0) is 13.6 Å². The Balaban J connectivity index is 2.06. The topological polar surface area (TPSA) is 76.4 Å². The number of imidazole rings is 1. The van der Waals surface area contributed by atoms with Gasteiger partial charge in [0.1, 0.15) is 5.82 Å². The molecule has 0 bridgehead atoms. The summed E-state index contributed by atoms with van der Waals surface area (Å²) in [5.41, 5.74) is 0.420. The second-order valence-electron chi connectivity index (χ2n) is 4.02. The molecule has 19 heavy (non-hydrogen) atoms. The number of aryl methyl sites for hydroxylation is 1. The van der Waals surface area contributed by atoms with Crippen LogP contribution < -0.4 is 10.1 Å². The molecule has 0 aliphatic heterocycles. The van der Waals surface area contributed by atoms with Gasteiger partial charge in [0.15, 0.2) is 11.5 Å². The summed E-state index contributed by atoms with van der Waals surface area (Å²) in [4.78, 5) is 16.1. The summed E-state index contributed by atoms with van der Waals surface area (Å²) < 4.78 is 6.79. The second kappa shape index (κ2) is 5.43. The molecule has 1 amide bonds. The number of phenolic OH excluding ortho intramolecular Hbond substituents is 1. The van der Waals surface area contributed by atoms with Gasteiger partial charge in [0, 0.05) is 25.0 Å². The smallest absolute Gasteiger partial charge is 0.251 e. The number of hydrogen-bond acceptors (Lipinski definition) is 4. The van der Waals surface area contributed by atoms with Gasteiger partial charge in [0.2, 0.25) is 0 Å². The summed E-state index contributed by atoms with van der Waals surface area (Å²) in [6.07, 6.45) is 3.48. The molecule has 1 aromatic carbocycles. The Labute approximate surface area is 110 Å². The third-order valence-corrected chi connectivity index (χ3v) is 2.77. The molecular formula is C13H15N3O3. The number of aromatic nitrogens is 2. The van der Waals surface area contributed by atoms with Gasteiger partial charge in [-0.1, -0.05) is 0 Å². The molecule has 0 fully saturated rings. The van der Waals surface area contributed by atoms with Crippen LogP contribution >= 0.6 is 0 Å². The fourth-order valence-electron chi connectivity index (χ4n) is 1.65. The standard InChI is InChI=1S/C13H15N3O3/c1-16-6-5-14-12(16)8-15-13(18)9-3-4-10(17)11(7-9)19-2/h3-7,17H,8H2,1-2H3,(H,15,18). The Kier molecular flexibility index (Phi) is 3.70. The molecule has 0 unspecified atom stereocenters. The van der Waals surface area contributed by atoms with Gasteiger partial charge in [-0.2, -0.15) is 0 Å². The van der Waals surface area contributed by atoms with Gasteiger partial charge in [0.25, 0.3) is 5.91 Å². The van der Waals surface area contributed by atoms with Crippen molar-refractivity contribution < 1.29 is 14.6 Å². The van der Waals surface area contributed by atoms with Gasteiger partial charge in [-0.25, -0.2) is 4.98 Å². The number of nitrogens with zero attached hydrogens (tertiary/aromatic N) is 2. The van der Waals surface area contributed by atoms with Crippen LogP contribution in [0.2, 0.25) is 0 Å². The molecule has 0 radical (unpaired) electrons. The summed E-state index contributed by atoms with van der Waals surface area (Å²) in [6, 6.07) is 4.45. The van der Waals surface area contributed by atoms with E-state index in [2.05, 4.69) is 10.3 Å². The molecular weight excluding hydrogens is 246 g/mol. The molecule has 6 heteroatoms. The van der Waals surface area contributed by atoms with Crippen molar-refractivity contribution in [3.05, 3.63) is 42.0 Å². The van der Waals surface area contributed by atoms with Crippen LogP contribution in [0.15, 0.2) is 30.6 Å². The molecule has 1 aromatic heterocycles. The minimum Gasteiger partial charge on any atom is -0.504 e. The number of hydrogen-bond donors (Lipinski definition) is 2. The SMILES string of the molecule is COc1cc(C(=O)NCc2nccn2C)ccc1O. The van der Waals surface area contributed by atoms with Crippen molar-refractivity contribution in [1.82, 2.24) is 14.9 Å². The monoisotopic (exact) mass is 261 g/mol. The number of rotatable bonds is 4. The lowest BCUT2D eigenvalue weighted by Crippen LogP contribution is -2.24. The van der Waals surface area contributed by atoms with E-state index in [0.717, 1.165) is 5.82 Å². The van der Waals surface area contributed by atoms with Crippen molar-refractivity contribution in [3.8, 4) is 11.5 Å². The van der Waals surface area contributed by atoms with Crippen LogP contribution in [0, 0.1) is 0 Å². The summed E-state index contributed by atoms with van der Waals surface area (Å²) in [7, 11) is 3.29. The van der Waals surface area contributed by atoms with Crippen LogP contribution in [0.1, 0.15) is 16.2 Å². The normalized spacial score (nSPS) is 10.2. The van der Waals surface area contributed by atoms with E-state index in [1.165, 1.54) is 25.3 Å². The van der Waals surface area contributed by atoms with Crippen molar-refractivity contribution in [2.45, 2.75) is 6.54 Å². The van der Waals surface area contributed by atoms with Crippen molar-refractivity contribution >= 4 is 5.91 Å². The van der Waals surface area contributed by atoms with Crippen LogP contribution in [-0.4, -0.2) is 27.7 Å². The lowest BCUT2D eigenvalue weighted by atomic mass is 10.2. The number of carbonyl (C=O) groups is 1. The van der Waals surface area contributed by atoms with Gasteiger partial charge in [-0.3, -0.25) is 4.79 Å². The summed E-state index contributed by atoms with van der Waals surface area (Å²) in [5, 5.41) is 12.2. The fourth-order valence-corrected chi connectivity index (χ4v) is 1.65. The van der Waals surface area contributed by atoms with Crippen LogP contribution in [0.5, 0.6) is 11.5 Å². The highest BCUT2D eigenvalue weighted by molar-refractivity contribution is 5.94. The first kappa shape index (κ1) is 12.9. The van der Waals surface area contributed by atoms with E-state index in [9.17, 15) is 9.90 Å². The maximum Gasteiger partial charge on any atom is 0.251 e. The molecule has 0 aliphatic carbocycles. The maximum absolute atomic E-state index is 11.9. The predicted octanol–water partition coefficient (Wildman–Crippen LogP) is 1.06. The van der Waals surface area contributed by atoms with E-state index in [0.29, 0.717) is 12.1 Å². The van der Waals surface area contributed by atoms with E-state index in [1.807, 2.05) is 17.8 Å². The first-order valence-electron chi connectivity index (χ1n) is 5.73. The number of aromatic hydroxyl groups is 1. The van der Waals surface area contributed by atoms with Crippen LogP contribution in [0.3, 0.4) is 0 Å². The van der Waals surface area contributed by atoms with Gasteiger partial charge in [-0.15, -0.1) is 0 Å². The zero-order valence-corrected chi connectivity index (χ0v) is 10.8. The molecule has 2 aromatic rings. The lowest BCUT2D eigenvalue weighted by molar-refractivity contribution is 0.0949. The van der Waals surface area contributed by atoms with Crippen molar-refractivity contribution in [2.24, 2.45) is 7.05 Å². The first-order chi connectivity index (χ1) is 9.11. The maximum atomic E-state index is 11.9. The predicted molar refractivity (Wildman–Crippen MR) is 69.0 cm³/mol. The van der Waals surface area contributed by atoms with E-state index >= 15 is 0 Å². The highest BCUT2D eigenvalue weighted by atomic mass is 16.5. The zero-order chi connectivity index (χ0) is 13.8. The Bertz CT molecular complexity index is 593. The third kappa shape index (κ3) is 2.85. The molecule has 0 saturated carbocycles. The number of amides is 1. The van der Waals surface area contributed by atoms with Crippen LogP contribution in [0.4, 0.5) is 0 Å². The van der Waals surface area contributed by atoms with Gasteiger partial charge >= 0.3 is 0 Å². The van der Waals surface area contributed by atoms with Crippen molar-refractivity contribution in [1.29, 1.82) is 0 Å². The fraction of sp³-hybridized carbons (Fsp3) is 0.231. The molecule has 0 aliphatic rings. The highest BCUT2D eigenvalue weighted by Gasteiger charge is 2.10. The molecule has 2 N–H and O–H groups in total. The number of ether oxygens (including phenoxy) is 1. The lowest BCUT2D eigenvalue weighted by Gasteiger charge is -2.08. The van der Waals surface area contributed by atoms with Crippen molar-refractivity contribution in [3.63, 3.8) is 0 Å². The molecule has 2 rings (SSSR count). The van der Waals surface area contributed by atoms with E-state index in [1.54, 1.807) is 6.20 Å². The molecule has 0 spiro atoms. The van der Waals surface area contributed by atoms with Crippen molar-refractivity contribution in [2.75, 3.05) is 7.11 Å².